The van der Waals surface area contributed by atoms with Crippen molar-refractivity contribution < 1.29 is 9.53 Å². The lowest BCUT2D eigenvalue weighted by Crippen LogP contribution is -2.35. The molecule has 0 bridgehead atoms. The predicted molar refractivity (Wildman–Crippen MR) is 97.8 cm³/mol. The summed E-state index contributed by atoms with van der Waals surface area (Å²) in [5, 5.41) is 13.9. The van der Waals surface area contributed by atoms with E-state index in [0.717, 1.165) is 28.0 Å². The number of ether oxygens (including phenoxy) is 1. The van der Waals surface area contributed by atoms with E-state index >= 15 is 0 Å². The summed E-state index contributed by atoms with van der Waals surface area (Å²) in [4.78, 5) is 12.1. The SMILES string of the molecule is O=C(CSc1nncc2ccccc12)NC[C@H]1Cc2ccccc2O1. The Morgan fingerprint density at radius 2 is 2.04 bits per heavy atom. The fraction of sp³-hybridized carbons (Fsp3) is 0.211. The smallest absolute Gasteiger partial charge is 0.230 e. The van der Waals surface area contributed by atoms with Crippen molar-refractivity contribution in [2.24, 2.45) is 0 Å². The van der Waals surface area contributed by atoms with Crippen LogP contribution in [0.4, 0.5) is 0 Å². The summed E-state index contributed by atoms with van der Waals surface area (Å²) in [6, 6.07) is 15.9. The fourth-order valence-corrected chi connectivity index (χ4v) is 3.70. The second kappa shape index (κ2) is 7.11. The van der Waals surface area contributed by atoms with Gasteiger partial charge in [-0.25, -0.2) is 0 Å². The number of aromatic nitrogens is 2. The second-order valence-corrected chi connectivity index (χ2v) is 6.85. The molecular formula is C19H17N3O2S. The molecule has 1 atom stereocenters. The highest BCUT2D eigenvalue weighted by Gasteiger charge is 2.22. The van der Waals surface area contributed by atoms with Gasteiger partial charge < -0.3 is 10.1 Å². The summed E-state index contributed by atoms with van der Waals surface area (Å²) in [5.74, 6) is 1.20. The zero-order chi connectivity index (χ0) is 17.1. The van der Waals surface area contributed by atoms with Crippen LogP contribution in [0.15, 0.2) is 59.8 Å². The molecule has 1 aliphatic heterocycles. The molecule has 0 fully saturated rings. The van der Waals surface area contributed by atoms with Crippen LogP contribution in [0.1, 0.15) is 5.56 Å². The molecule has 3 aromatic rings. The molecule has 0 spiro atoms. The quantitative estimate of drug-likeness (QED) is 0.716. The number of hydrogen-bond acceptors (Lipinski definition) is 5. The Balaban J connectivity index is 1.30. The molecule has 0 unspecified atom stereocenters. The average Bonchev–Trinajstić information content (AvgIpc) is 3.07. The van der Waals surface area contributed by atoms with Gasteiger partial charge in [0.05, 0.1) is 18.5 Å². The van der Waals surface area contributed by atoms with Crippen LogP contribution in [0.25, 0.3) is 10.8 Å². The summed E-state index contributed by atoms with van der Waals surface area (Å²) < 4.78 is 5.83. The Kier molecular flexibility index (Phi) is 4.52. The number of carbonyl (C=O) groups is 1. The zero-order valence-corrected chi connectivity index (χ0v) is 14.3. The number of nitrogens with one attached hydrogen (secondary N) is 1. The van der Waals surface area contributed by atoms with E-state index in [1.54, 1.807) is 6.20 Å². The number of para-hydroxylation sites is 1. The van der Waals surface area contributed by atoms with Gasteiger partial charge in [-0.1, -0.05) is 54.2 Å². The van der Waals surface area contributed by atoms with Crippen LogP contribution in [0.5, 0.6) is 5.75 Å². The fourth-order valence-electron chi connectivity index (χ4n) is 2.89. The van der Waals surface area contributed by atoms with Crippen LogP contribution < -0.4 is 10.1 Å². The Labute approximate surface area is 149 Å². The highest BCUT2D eigenvalue weighted by atomic mass is 32.2. The lowest BCUT2D eigenvalue weighted by molar-refractivity contribution is -0.118. The molecule has 0 saturated heterocycles. The van der Waals surface area contributed by atoms with Crippen LogP contribution in [-0.2, 0) is 11.2 Å². The van der Waals surface area contributed by atoms with Crippen molar-refractivity contribution in [3.8, 4) is 5.75 Å². The topological polar surface area (TPSA) is 64.1 Å². The third-order valence-electron chi connectivity index (χ3n) is 4.12. The summed E-state index contributed by atoms with van der Waals surface area (Å²) in [6.45, 7) is 0.509. The molecule has 1 amide bonds. The van der Waals surface area contributed by atoms with Crippen molar-refractivity contribution >= 4 is 28.4 Å². The number of nitrogens with zero attached hydrogens (tertiary/aromatic N) is 2. The lowest BCUT2D eigenvalue weighted by Gasteiger charge is -2.12. The Morgan fingerprint density at radius 1 is 1.20 bits per heavy atom. The first-order valence-electron chi connectivity index (χ1n) is 8.14. The van der Waals surface area contributed by atoms with Gasteiger partial charge in [-0.05, 0) is 11.6 Å². The zero-order valence-electron chi connectivity index (χ0n) is 13.5. The number of benzene rings is 2. The van der Waals surface area contributed by atoms with Crippen LogP contribution >= 0.6 is 11.8 Å². The Morgan fingerprint density at radius 3 is 2.96 bits per heavy atom. The first-order valence-corrected chi connectivity index (χ1v) is 9.12. The van der Waals surface area contributed by atoms with E-state index < -0.39 is 0 Å². The van der Waals surface area contributed by atoms with E-state index in [0.29, 0.717) is 12.3 Å². The molecule has 2 aromatic carbocycles. The van der Waals surface area contributed by atoms with Gasteiger partial charge in [0, 0.05) is 17.2 Å². The number of carbonyl (C=O) groups excluding carboxylic acids is 1. The lowest BCUT2D eigenvalue weighted by atomic mass is 10.1. The molecule has 0 saturated carbocycles. The standard InChI is InChI=1S/C19H17N3O2S/c23-18(20-11-15-9-13-5-2-4-8-17(13)24-15)12-25-19-16-7-3-1-6-14(16)10-21-22-19/h1-8,10,15H,9,11-12H2,(H,20,23)/t15-/m1/s1. The van der Waals surface area contributed by atoms with Gasteiger partial charge in [-0.2, -0.15) is 5.10 Å². The summed E-state index contributed by atoms with van der Waals surface area (Å²) in [6.07, 6.45) is 2.57. The van der Waals surface area contributed by atoms with Gasteiger partial charge in [0.2, 0.25) is 5.91 Å². The monoisotopic (exact) mass is 351 g/mol. The maximum Gasteiger partial charge on any atom is 0.230 e. The Bertz CT molecular complexity index is 886. The number of amides is 1. The third-order valence-corrected chi connectivity index (χ3v) is 5.10. The van der Waals surface area contributed by atoms with E-state index in [4.69, 9.17) is 4.74 Å². The molecule has 25 heavy (non-hydrogen) atoms. The van der Waals surface area contributed by atoms with Crippen LogP contribution in [0.2, 0.25) is 0 Å². The van der Waals surface area contributed by atoms with Gasteiger partial charge in [-0.3, -0.25) is 4.79 Å². The van der Waals surface area contributed by atoms with Crippen LogP contribution in [0, 0.1) is 0 Å². The Hall–Kier alpha value is -2.60. The highest BCUT2D eigenvalue weighted by molar-refractivity contribution is 8.00. The number of fused-ring (bicyclic) bond motifs is 2. The summed E-state index contributed by atoms with van der Waals surface area (Å²) >= 11 is 1.40. The number of rotatable bonds is 5. The van der Waals surface area contributed by atoms with Gasteiger partial charge in [0.1, 0.15) is 16.9 Å². The molecule has 1 aliphatic rings. The second-order valence-electron chi connectivity index (χ2n) is 5.88. The maximum absolute atomic E-state index is 12.1. The average molecular weight is 351 g/mol. The molecule has 4 rings (SSSR count). The third kappa shape index (κ3) is 3.58. The molecule has 0 radical (unpaired) electrons. The normalized spacial score (nSPS) is 15.6. The van der Waals surface area contributed by atoms with Crippen molar-refractivity contribution in [3.63, 3.8) is 0 Å². The van der Waals surface area contributed by atoms with Crippen molar-refractivity contribution in [2.75, 3.05) is 12.3 Å². The van der Waals surface area contributed by atoms with Crippen LogP contribution in [-0.4, -0.2) is 34.5 Å². The van der Waals surface area contributed by atoms with Crippen molar-refractivity contribution in [1.29, 1.82) is 0 Å². The first-order chi connectivity index (χ1) is 12.3. The van der Waals surface area contributed by atoms with Gasteiger partial charge in [0.25, 0.3) is 0 Å². The largest absolute Gasteiger partial charge is 0.488 e. The summed E-state index contributed by atoms with van der Waals surface area (Å²) in [5.41, 5.74) is 1.20. The molecule has 1 N–H and O–H groups in total. The minimum absolute atomic E-state index is 0.00342. The highest BCUT2D eigenvalue weighted by Crippen LogP contribution is 2.28. The molecular weight excluding hydrogens is 334 g/mol. The van der Waals surface area contributed by atoms with Gasteiger partial charge >= 0.3 is 0 Å². The molecule has 0 aliphatic carbocycles. The van der Waals surface area contributed by atoms with E-state index in [9.17, 15) is 4.79 Å². The molecule has 5 nitrogen and oxygen atoms in total. The first kappa shape index (κ1) is 15.9. The maximum atomic E-state index is 12.1. The van der Waals surface area contributed by atoms with Crippen molar-refractivity contribution in [2.45, 2.75) is 17.6 Å². The van der Waals surface area contributed by atoms with E-state index in [2.05, 4.69) is 21.6 Å². The number of hydrogen-bond donors (Lipinski definition) is 1. The van der Waals surface area contributed by atoms with E-state index in [1.165, 1.54) is 17.3 Å². The summed E-state index contributed by atoms with van der Waals surface area (Å²) in [7, 11) is 0. The van der Waals surface area contributed by atoms with Crippen LogP contribution in [0.3, 0.4) is 0 Å². The minimum atomic E-state index is -0.0284. The van der Waals surface area contributed by atoms with Crippen molar-refractivity contribution in [3.05, 3.63) is 60.3 Å². The van der Waals surface area contributed by atoms with Gasteiger partial charge in [-0.15, -0.1) is 5.10 Å². The predicted octanol–water partition coefficient (Wildman–Crippen LogP) is 2.84. The van der Waals surface area contributed by atoms with Crippen molar-refractivity contribution in [1.82, 2.24) is 15.5 Å². The molecule has 6 heteroatoms. The van der Waals surface area contributed by atoms with E-state index in [1.807, 2.05) is 42.5 Å². The molecule has 1 aromatic heterocycles. The van der Waals surface area contributed by atoms with Gasteiger partial charge in [0.15, 0.2) is 0 Å². The van der Waals surface area contributed by atoms with E-state index in [-0.39, 0.29) is 12.0 Å². The molecule has 126 valence electrons. The molecule has 2 heterocycles. The number of thioether (sulfide) groups is 1. The minimum Gasteiger partial charge on any atom is -0.488 e.